The van der Waals surface area contributed by atoms with E-state index in [2.05, 4.69) is 15.6 Å². The Hall–Kier alpha value is -2.21. The fraction of sp³-hybridized carbons (Fsp3) is 0.526. The Labute approximate surface area is 147 Å². The van der Waals surface area contributed by atoms with Gasteiger partial charge in [-0.25, -0.2) is 4.79 Å². The van der Waals surface area contributed by atoms with Crippen LogP contribution in [0.4, 0.5) is 4.79 Å². The van der Waals surface area contributed by atoms with Crippen molar-refractivity contribution in [1.82, 2.24) is 15.6 Å². The average Bonchev–Trinajstić information content (AvgIpc) is 3.19. The first kappa shape index (κ1) is 17.6. The van der Waals surface area contributed by atoms with E-state index < -0.39 is 0 Å². The van der Waals surface area contributed by atoms with Crippen LogP contribution in [0.3, 0.4) is 0 Å². The summed E-state index contributed by atoms with van der Waals surface area (Å²) < 4.78 is 5.43. The molecule has 6 nitrogen and oxygen atoms in total. The van der Waals surface area contributed by atoms with Gasteiger partial charge in [0.05, 0.1) is 13.7 Å². The number of benzene rings is 1. The summed E-state index contributed by atoms with van der Waals surface area (Å²) in [6.07, 6.45) is 5.59. The highest BCUT2D eigenvalue weighted by atomic mass is 16.5. The number of carbonyl (C=O) groups excluding carboxylic acids is 1. The van der Waals surface area contributed by atoms with Gasteiger partial charge in [-0.15, -0.1) is 0 Å². The van der Waals surface area contributed by atoms with Crippen molar-refractivity contribution in [3.05, 3.63) is 30.0 Å². The van der Waals surface area contributed by atoms with Crippen LogP contribution in [-0.2, 0) is 6.42 Å². The Bertz CT molecular complexity index is 743. The van der Waals surface area contributed by atoms with Crippen LogP contribution in [0.1, 0.15) is 31.7 Å². The van der Waals surface area contributed by atoms with E-state index in [1.54, 1.807) is 7.11 Å². The van der Waals surface area contributed by atoms with Crippen molar-refractivity contribution in [3.8, 4) is 5.75 Å². The first-order valence-corrected chi connectivity index (χ1v) is 8.85. The number of hydrogen-bond acceptors (Lipinski definition) is 3. The molecule has 1 aromatic carbocycles. The summed E-state index contributed by atoms with van der Waals surface area (Å²) in [6.45, 7) is 2.68. The predicted octanol–water partition coefficient (Wildman–Crippen LogP) is 2.57. The summed E-state index contributed by atoms with van der Waals surface area (Å²) in [5.41, 5.74) is 1.94. The summed E-state index contributed by atoms with van der Waals surface area (Å²) in [6, 6.07) is 5.77. The van der Waals surface area contributed by atoms with Crippen molar-refractivity contribution >= 4 is 16.9 Å². The molecular formula is C19H27N3O3. The Morgan fingerprint density at radius 1 is 1.48 bits per heavy atom. The fourth-order valence-electron chi connectivity index (χ4n) is 3.78. The molecule has 1 fully saturated rings. The van der Waals surface area contributed by atoms with E-state index in [0.29, 0.717) is 6.54 Å². The molecule has 0 saturated heterocycles. The molecule has 6 heteroatoms. The quantitative estimate of drug-likeness (QED) is 0.649. The van der Waals surface area contributed by atoms with E-state index in [4.69, 9.17) is 4.74 Å². The number of H-pyrrole nitrogens is 1. The van der Waals surface area contributed by atoms with Gasteiger partial charge in [0.2, 0.25) is 0 Å². The number of nitrogens with one attached hydrogen (secondary N) is 3. The van der Waals surface area contributed by atoms with Crippen LogP contribution in [0.2, 0.25) is 0 Å². The Kier molecular flexibility index (Phi) is 5.18. The van der Waals surface area contributed by atoms with Gasteiger partial charge in [-0.05, 0) is 37.0 Å². The normalized spacial score (nSPS) is 22.9. The third-order valence-corrected chi connectivity index (χ3v) is 5.40. The molecule has 1 aliphatic rings. The average molecular weight is 345 g/mol. The van der Waals surface area contributed by atoms with Crippen molar-refractivity contribution in [2.45, 2.75) is 38.6 Å². The van der Waals surface area contributed by atoms with Crippen LogP contribution in [-0.4, -0.2) is 42.4 Å². The molecule has 2 unspecified atom stereocenters. The highest BCUT2D eigenvalue weighted by molar-refractivity contribution is 5.89. The molecule has 0 aliphatic heterocycles. The number of aromatic nitrogens is 1. The third kappa shape index (κ3) is 3.58. The van der Waals surface area contributed by atoms with E-state index >= 15 is 0 Å². The van der Waals surface area contributed by atoms with E-state index in [1.165, 1.54) is 0 Å². The van der Waals surface area contributed by atoms with E-state index in [-0.39, 0.29) is 24.1 Å². The summed E-state index contributed by atoms with van der Waals surface area (Å²) in [5, 5.41) is 16.6. The maximum absolute atomic E-state index is 12.2. The van der Waals surface area contributed by atoms with Gasteiger partial charge in [0.1, 0.15) is 5.75 Å². The molecule has 2 aromatic rings. The van der Waals surface area contributed by atoms with Gasteiger partial charge in [0.15, 0.2) is 0 Å². The zero-order valence-corrected chi connectivity index (χ0v) is 14.9. The summed E-state index contributed by atoms with van der Waals surface area (Å²) in [5.74, 6) is 0.836. The Balaban J connectivity index is 1.56. The molecule has 0 spiro atoms. The van der Waals surface area contributed by atoms with E-state index in [9.17, 15) is 9.90 Å². The number of ether oxygens (including phenoxy) is 1. The van der Waals surface area contributed by atoms with Crippen molar-refractivity contribution in [1.29, 1.82) is 0 Å². The number of aromatic amines is 1. The maximum atomic E-state index is 12.2. The minimum Gasteiger partial charge on any atom is -0.496 e. The van der Waals surface area contributed by atoms with E-state index in [1.807, 2.05) is 31.3 Å². The number of rotatable bonds is 6. The van der Waals surface area contributed by atoms with Gasteiger partial charge < -0.3 is 25.5 Å². The van der Waals surface area contributed by atoms with Crippen LogP contribution in [0.5, 0.6) is 5.75 Å². The number of urea groups is 1. The highest BCUT2D eigenvalue weighted by Gasteiger charge is 2.39. The number of aliphatic hydroxyl groups excluding tert-OH is 1. The Morgan fingerprint density at radius 3 is 3.08 bits per heavy atom. The third-order valence-electron chi connectivity index (χ3n) is 5.40. The second kappa shape index (κ2) is 7.35. The van der Waals surface area contributed by atoms with Gasteiger partial charge in [-0.1, -0.05) is 19.4 Å². The summed E-state index contributed by atoms with van der Waals surface area (Å²) in [7, 11) is 1.66. The lowest BCUT2D eigenvalue weighted by Gasteiger charge is -2.30. The second-order valence-corrected chi connectivity index (χ2v) is 7.10. The van der Waals surface area contributed by atoms with Crippen molar-refractivity contribution < 1.29 is 14.6 Å². The highest BCUT2D eigenvalue weighted by Crippen LogP contribution is 2.37. The number of fused-ring (bicyclic) bond motifs is 1. The van der Waals surface area contributed by atoms with Crippen LogP contribution < -0.4 is 15.4 Å². The number of amides is 2. The first-order valence-electron chi connectivity index (χ1n) is 8.85. The standard InChI is InChI=1S/C19H27N3O3/c1-19(12-23)9-4-7-16(19)22-18(24)20-10-8-13-11-21-14-5-3-6-15(25-2)17(13)14/h3,5-6,11,16,21,23H,4,7-10,12H2,1-2H3,(H2,20,22,24). The molecule has 0 radical (unpaired) electrons. The number of aliphatic hydroxyl groups is 1. The molecule has 1 aromatic heterocycles. The smallest absolute Gasteiger partial charge is 0.315 e. The van der Waals surface area contributed by atoms with Crippen LogP contribution in [0.25, 0.3) is 10.9 Å². The monoisotopic (exact) mass is 345 g/mol. The van der Waals surface area contributed by atoms with E-state index in [0.717, 1.165) is 47.9 Å². The molecule has 136 valence electrons. The Morgan fingerprint density at radius 2 is 2.32 bits per heavy atom. The molecule has 2 amide bonds. The first-order chi connectivity index (χ1) is 12.1. The molecule has 2 atom stereocenters. The zero-order valence-electron chi connectivity index (χ0n) is 14.9. The molecule has 4 N–H and O–H groups in total. The molecule has 1 saturated carbocycles. The lowest BCUT2D eigenvalue weighted by Crippen LogP contribution is -2.48. The lowest BCUT2D eigenvalue weighted by atomic mass is 9.86. The number of methoxy groups -OCH3 is 1. The largest absolute Gasteiger partial charge is 0.496 e. The predicted molar refractivity (Wildman–Crippen MR) is 97.9 cm³/mol. The minimum atomic E-state index is -0.207. The molecule has 1 aliphatic carbocycles. The van der Waals surface area contributed by atoms with Gasteiger partial charge in [0.25, 0.3) is 0 Å². The number of hydrogen-bond donors (Lipinski definition) is 4. The van der Waals surface area contributed by atoms with Gasteiger partial charge in [0, 0.05) is 35.1 Å². The number of carbonyl (C=O) groups is 1. The summed E-state index contributed by atoms with van der Waals surface area (Å²) >= 11 is 0. The molecule has 0 bridgehead atoms. The van der Waals surface area contributed by atoms with Gasteiger partial charge >= 0.3 is 6.03 Å². The van der Waals surface area contributed by atoms with Crippen molar-refractivity contribution in [2.24, 2.45) is 5.41 Å². The molecule has 3 rings (SSSR count). The molecule has 25 heavy (non-hydrogen) atoms. The lowest BCUT2D eigenvalue weighted by molar-refractivity contribution is 0.121. The summed E-state index contributed by atoms with van der Waals surface area (Å²) in [4.78, 5) is 15.4. The van der Waals surface area contributed by atoms with Gasteiger partial charge in [-0.2, -0.15) is 0 Å². The minimum absolute atomic E-state index is 0.0330. The molecule has 1 heterocycles. The topological polar surface area (TPSA) is 86.4 Å². The zero-order chi connectivity index (χ0) is 17.9. The van der Waals surface area contributed by atoms with Crippen LogP contribution >= 0.6 is 0 Å². The van der Waals surface area contributed by atoms with Gasteiger partial charge in [-0.3, -0.25) is 0 Å². The second-order valence-electron chi connectivity index (χ2n) is 7.10. The van der Waals surface area contributed by atoms with Crippen LogP contribution in [0, 0.1) is 5.41 Å². The van der Waals surface area contributed by atoms with Crippen molar-refractivity contribution in [2.75, 3.05) is 20.3 Å². The van der Waals surface area contributed by atoms with Crippen LogP contribution in [0.15, 0.2) is 24.4 Å². The molecular weight excluding hydrogens is 318 g/mol. The van der Waals surface area contributed by atoms with Crippen molar-refractivity contribution in [3.63, 3.8) is 0 Å². The SMILES string of the molecule is COc1cccc2[nH]cc(CCNC(=O)NC3CCCC3(C)CO)c12. The fourth-order valence-corrected chi connectivity index (χ4v) is 3.78. The maximum Gasteiger partial charge on any atom is 0.315 e.